The molecule has 2 aromatic rings. The summed E-state index contributed by atoms with van der Waals surface area (Å²) in [5.74, 6) is 1.65. The molecule has 0 aliphatic carbocycles. The van der Waals surface area contributed by atoms with Crippen LogP contribution < -0.4 is 10.1 Å². The SMILES string of the molecule is CCOC(C)c1noc(CNC(=NC)N(C)Cc2ccc(OC(F)F)cc2)n1.I. The Morgan fingerprint density at radius 1 is 1.31 bits per heavy atom. The highest BCUT2D eigenvalue weighted by molar-refractivity contribution is 14.0. The van der Waals surface area contributed by atoms with Crippen molar-refractivity contribution in [2.75, 3.05) is 20.7 Å². The lowest BCUT2D eigenvalue weighted by atomic mass is 10.2. The second-order valence-electron chi connectivity index (χ2n) is 5.92. The zero-order valence-electron chi connectivity index (χ0n) is 16.8. The fraction of sp³-hybridized carbons (Fsp3) is 0.500. The maximum atomic E-state index is 12.2. The Balaban J connectivity index is 0.00000420. The monoisotopic (exact) mass is 525 g/mol. The van der Waals surface area contributed by atoms with Crippen molar-refractivity contribution in [2.45, 2.75) is 39.7 Å². The first kappa shape index (κ1) is 25.0. The molecule has 1 aromatic carbocycles. The standard InChI is InChI=1S/C18H25F2N5O3.HI/c1-5-26-12(2)16-23-15(28-24-16)10-22-18(21-3)25(4)11-13-6-8-14(9-7-13)27-17(19)20;/h6-9,12,17H,5,10-11H2,1-4H3,(H,21,22);1H. The number of nitrogens with one attached hydrogen (secondary N) is 1. The molecule has 1 atom stereocenters. The molecule has 162 valence electrons. The van der Waals surface area contributed by atoms with Crippen LogP contribution >= 0.6 is 24.0 Å². The first-order chi connectivity index (χ1) is 13.4. The Morgan fingerprint density at radius 3 is 2.59 bits per heavy atom. The van der Waals surface area contributed by atoms with Gasteiger partial charge in [0.15, 0.2) is 11.8 Å². The van der Waals surface area contributed by atoms with Gasteiger partial charge in [-0.2, -0.15) is 13.8 Å². The molecule has 0 aliphatic heterocycles. The van der Waals surface area contributed by atoms with E-state index in [1.54, 1.807) is 19.2 Å². The number of alkyl halides is 2. The van der Waals surface area contributed by atoms with E-state index in [2.05, 4.69) is 25.2 Å². The van der Waals surface area contributed by atoms with Crippen LogP contribution in [0.3, 0.4) is 0 Å². The summed E-state index contributed by atoms with van der Waals surface area (Å²) in [6, 6.07) is 6.46. The predicted octanol–water partition coefficient (Wildman–Crippen LogP) is 3.59. The molecule has 1 N–H and O–H groups in total. The fourth-order valence-electron chi connectivity index (χ4n) is 2.49. The van der Waals surface area contributed by atoms with Crippen molar-refractivity contribution < 1.29 is 22.8 Å². The molecule has 11 heteroatoms. The lowest BCUT2D eigenvalue weighted by molar-refractivity contribution is -0.0498. The third kappa shape index (κ3) is 8.09. The first-order valence-electron chi connectivity index (χ1n) is 8.82. The highest BCUT2D eigenvalue weighted by Gasteiger charge is 2.15. The molecular formula is C18H26F2IN5O3. The van der Waals surface area contributed by atoms with Gasteiger partial charge in [-0.05, 0) is 31.5 Å². The second kappa shape index (κ2) is 12.5. The zero-order valence-corrected chi connectivity index (χ0v) is 19.1. The number of nitrogens with zero attached hydrogens (tertiary/aromatic N) is 4. The van der Waals surface area contributed by atoms with Crippen molar-refractivity contribution in [1.29, 1.82) is 0 Å². The van der Waals surface area contributed by atoms with Crippen LogP contribution in [0.25, 0.3) is 0 Å². The summed E-state index contributed by atoms with van der Waals surface area (Å²) in [5, 5.41) is 7.05. The lowest BCUT2D eigenvalue weighted by Crippen LogP contribution is -2.38. The van der Waals surface area contributed by atoms with Crippen LogP contribution in [0.2, 0.25) is 0 Å². The highest BCUT2D eigenvalue weighted by atomic mass is 127. The normalized spacial score (nSPS) is 12.4. The molecule has 8 nitrogen and oxygen atoms in total. The third-order valence-corrected chi connectivity index (χ3v) is 3.80. The van der Waals surface area contributed by atoms with Crippen LogP contribution in [0.15, 0.2) is 33.8 Å². The molecule has 2 rings (SSSR count). The molecule has 0 aliphatic rings. The Kier molecular flexibility index (Phi) is 10.8. The number of ether oxygens (including phenoxy) is 2. The van der Waals surface area contributed by atoms with E-state index in [0.29, 0.717) is 37.4 Å². The van der Waals surface area contributed by atoms with Gasteiger partial charge in [-0.1, -0.05) is 17.3 Å². The van der Waals surface area contributed by atoms with Gasteiger partial charge in [0.1, 0.15) is 11.9 Å². The predicted molar refractivity (Wildman–Crippen MR) is 114 cm³/mol. The van der Waals surface area contributed by atoms with Gasteiger partial charge in [-0.3, -0.25) is 4.99 Å². The smallest absolute Gasteiger partial charge is 0.387 e. The van der Waals surface area contributed by atoms with Gasteiger partial charge in [0, 0.05) is 27.2 Å². The van der Waals surface area contributed by atoms with E-state index in [0.717, 1.165) is 5.56 Å². The maximum Gasteiger partial charge on any atom is 0.387 e. The van der Waals surface area contributed by atoms with E-state index in [1.807, 2.05) is 25.8 Å². The van der Waals surface area contributed by atoms with Crippen molar-refractivity contribution in [3.8, 4) is 5.75 Å². The molecular weight excluding hydrogens is 499 g/mol. The van der Waals surface area contributed by atoms with Gasteiger partial charge in [0.2, 0.25) is 5.89 Å². The summed E-state index contributed by atoms with van der Waals surface area (Å²) in [7, 11) is 3.52. The lowest BCUT2D eigenvalue weighted by Gasteiger charge is -2.21. The summed E-state index contributed by atoms with van der Waals surface area (Å²) in [6.07, 6.45) is -0.235. The van der Waals surface area contributed by atoms with Gasteiger partial charge in [0.05, 0.1) is 6.54 Å². The van der Waals surface area contributed by atoms with Crippen molar-refractivity contribution in [3.63, 3.8) is 0 Å². The number of benzene rings is 1. The van der Waals surface area contributed by atoms with Crippen molar-refractivity contribution in [3.05, 3.63) is 41.5 Å². The Labute approximate surface area is 185 Å². The van der Waals surface area contributed by atoms with Crippen LogP contribution in [0.5, 0.6) is 5.75 Å². The number of halogens is 3. The zero-order chi connectivity index (χ0) is 20.5. The molecule has 1 aromatic heterocycles. The van der Waals surface area contributed by atoms with Gasteiger partial charge in [-0.15, -0.1) is 24.0 Å². The summed E-state index contributed by atoms with van der Waals surface area (Å²) in [4.78, 5) is 10.4. The minimum atomic E-state index is -2.83. The molecule has 0 spiro atoms. The largest absolute Gasteiger partial charge is 0.435 e. The van der Waals surface area contributed by atoms with Crippen LogP contribution in [0.4, 0.5) is 8.78 Å². The topological polar surface area (TPSA) is 85.0 Å². The molecule has 1 unspecified atom stereocenters. The number of guanidine groups is 1. The van der Waals surface area contributed by atoms with E-state index in [-0.39, 0.29) is 35.8 Å². The fourth-order valence-corrected chi connectivity index (χ4v) is 2.49. The molecule has 1 heterocycles. The van der Waals surface area contributed by atoms with E-state index >= 15 is 0 Å². The van der Waals surface area contributed by atoms with E-state index in [1.165, 1.54) is 12.1 Å². The molecule has 0 saturated heterocycles. The molecule has 0 bridgehead atoms. The summed E-state index contributed by atoms with van der Waals surface area (Å²) in [5.41, 5.74) is 0.915. The number of aliphatic imine (C=N–C) groups is 1. The van der Waals surface area contributed by atoms with E-state index in [4.69, 9.17) is 9.26 Å². The average molecular weight is 525 g/mol. The number of rotatable bonds is 9. The number of hydrogen-bond donors (Lipinski definition) is 1. The van der Waals surface area contributed by atoms with Gasteiger partial charge in [0.25, 0.3) is 0 Å². The third-order valence-electron chi connectivity index (χ3n) is 3.80. The van der Waals surface area contributed by atoms with Crippen LogP contribution in [-0.2, 0) is 17.8 Å². The number of hydrogen-bond acceptors (Lipinski definition) is 6. The van der Waals surface area contributed by atoms with E-state index in [9.17, 15) is 8.78 Å². The Morgan fingerprint density at radius 2 is 2.00 bits per heavy atom. The van der Waals surface area contributed by atoms with Crippen molar-refractivity contribution >= 4 is 29.9 Å². The van der Waals surface area contributed by atoms with Gasteiger partial charge < -0.3 is 24.2 Å². The van der Waals surface area contributed by atoms with Crippen LogP contribution in [-0.4, -0.2) is 48.3 Å². The van der Waals surface area contributed by atoms with Gasteiger partial charge >= 0.3 is 6.61 Å². The maximum absolute atomic E-state index is 12.2. The Bertz CT molecular complexity index is 758. The highest BCUT2D eigenvalue weighted by Crippen LogP contribution is 2.16. The first-order valence-corrected chi connectivity index (χ1v) is 8.82. The quantitative estimate of drug-likeness (QED) is 0.304. The summed E-state index contributed by atoms with van der Waals surface area (Å²) < 4.78 is 39.4. The van der Waals surface area contributed by atoms with Crippen molar-refractivity contribution in [2.24, 2.45) is 4.99 Å². The summed E-state index contributed by atoms with van der Waals surface area (Å²) in [6.45, 7) is 2.32. The minimum absolute atomic E-state index is 0. The second-order valence-corrected chi connectivity index (χ2v) is 5.92. The molecule has 0 saturated carbocycles. The molecule has 0 amide bonds. The van der Waals surface area contributed by atoms with Crippen LogP contribution in [0.1, 0.15) is 37.2 Å². The minimum Gasteiger partial charge on any atom is -0.435 e. The average Bonchev–Trinajstić information content (AvgIpc) is 3.13. The molecule has 0 fully saturated rings. The summed E-state index contributed by atoms with van der Waals surface area (Å²) >= 11 is 0. The molecule has 29 heavy (non-hydrogen) atoms. The number of aromatic nitrogens is 2. The van der Waals surface area contributed by atoms with Crippen LogP contribution in [0, 0.1) is 0 Å². The molecule has 0 radical (unpaired) electrons. The Hall–Kier alpha value is -2.02. The van der Waals surface area contributed by atoms with E-state index < -0.39 is 6.61 Å². The van der Waals surface area contributed by atoms with Crippen molar-refractivity contribution in [1.82, 2.24) is 20.4 Å². The van der Waals surface area contributed by atoms with Gasteiger partial charge in [-0.25, -0.2) is 0 Å².